The van der Waals surface area contributed by atoms with Crippen LogP contribution in [0.1, 0.15) is 26.7 Å². The number of nitrogens with one attached hydrogen (secondary N) is 1. The molecule has 88 valence electrons. The molecule has 1 heterocycles. The molecule has 1 aliphatic rings. The molecule has 0 saturated carbocycles. The quantitative estimate of drug-likeness (QED) is 0.698. The second-order valence-electron chi connectivity index (χ2n) is 4.36. The lowest BCUT2D eigenvalue weighted by Gasteiger charge is -2.40. The first-order valence-corrected chi connectivity index (χ1v) is 6.03. The van der Waals surface area contributed by atoms with Crippen LogP contribution in [0.25, 0.3) is 0 Å². The maximum atomic E-state index is 3.91. The van der Waals surface area contributed by atoms with Gasteiger partial charge in [0, 0.05) is 25.8 Å². The Morgan fingerprint density at radius 3 is 2.53 bits per heavy atom. The van der Waals surface area contributed by atoms with Crippen LogP contribution in [0, 0.1) is 5.92 Å². The normalized spacial score (nSPS) is 20.3. The van der Waals surface area contributed by atoms with Crippen molar-refractivity contribution in [1.82, 2.24) is 15.3 Å². The van der Waals surface area contributed by atoms with Crippen molar-refractivity contribution in [2.75, 3.05) is 26.7 Å². The fraction of sp³-hybridized carbons (Fsp3) is 0.833. The Kier molecular flexibility index (Phi) is 5.12. The van der Waals surface area contributed by atoms with E-state index in [2.05, 4.69) is 42.8 Å². The third-order valence-corrected chi connectivity index (χ3v) is 3.52. The molecule has 1 unspecified atom stereocenters. The second-order valence-corrected chi connectivity index (χ2v) is 4.36. The molecule has 0 amide bonds. The van der Waals surface area contributed by atoms with Crippen LogP contribution in [-0.4, -0.2) is 42.7 Å². The van der Waals surface area contributed by atoms with Crippen LogP contribution >= 0.6 is 0 Å². The Balaban J connectivity index is 2.54. The van der Waals surface area contributed by atoms with E-state index in [1.165, 1.54) is 12.8 Å². The van der Waals surface area contributed by atoms with E-state index < -0.39 is 0 Å². The summed E-state index contributed by atoms with van der Waals surface area (Å²) < 4.78 is 0. The molecule has 0 aromatic carbocycles. The average Bonchev–Trinajstić information content (AvgIpc) is 2.30. The molecule has 0 radical (unpaired) electrons. The summed E-state index contributed by atoms with van der Waals surface area (Å²) in [5.41, 5.74) is 0. The zero-order valence-corrected chi connectivity index (χ0v) is 10.4. The van der Waals surface area contributed by atoms with Crippen molar-refractivity contribution in [3.63, 3.8) is 0 Å². The first-order chi connectivity index (χ1) is 7.20. The minimum absolute atomic E-state index is 0.564. The molecular formula is C12H25N3. The Bertz CT molecular complexity index is 187. The van der Waals surface area contributed by atoms with Crippen molar-refractivity contribution in [2.24, 2.45) is 5.92 Å². The summed E-state index contributed by atoms with van der Waals surface area (Å²) in [6.07, 6.45) is 4.52. The fourth-order valence-electron chi connectivity index (χ4n) is 2.32. The van der Waals surface area contributed by atoms with Crippen LogP contribution in [-0.2, 0) is 0 Å². The maximum Gasteiger partial charge on any atom is 0.0451 e. The summed E-state index contributed by atoms with van der Waals surface area (Å²) in [6.45, 7) is 11.8. The largest absolute Gasteiger partial charge is 0.317 e. The summed E-state index contributed by atoms with van der Waals surface area (Å²) >= 11 is 0. The van der Waals surface area contributed by atoms with Crippen molar-refractivity contribution in [3.8, 4) is 0 Å². The topological polar surface area (TPSA) is 18.5 Å². The number of hydrogen-bond acceptors (Lipinski definition) is 3. The monoisotopic (exact) mass is 211 g/mol. The van der Waals surface area contributed by atoms with Crippen molar-refractivity contribution < 1.29 is 0 Å². The van der Waals surface area contributed by atoms with E-state index >= 15 is 0 Å². The van der Waals surface area contributed by atoms with Gasteiger partial charge in [-0.1, -0.05) is 13.5 Å². The Labute approximate surface area is 94.1 Å². The molecular weight excluding hydrogens is 186 g/mol. The minimum atomic E-state index is 0.564. The third kappa shape index (κ3) is 3.21. The zero-order chi connectivity index (χ0) is 11.3. The van der Waals surface area contributed by atoms with Crippen LogP contribution in [0.4, 0.5) is 0 Å². The lowest BCUT2D eigenvalue weighted by molar-refractivity contribution is -0.00716. The van der Waals surface area contributed by atoms with Crippen molar-refractivity contribution in [1.29, 1.82) is 0 Å². The van der Waals surface area contributed by atoms with Gasteiger partial charge in [-0.25, -0.2) is 5.01 Å². The van der Waals surface area contributed by atoms with Gasteiger partial charge in [-0.05, 0) is 38.8 Å². The molecule has 1 rings (SSSR count). The molecule has 3 heteroatoms. The standard InChI is InChI=1S/C12H25N3/c1-5-14(4)15(6-2)11(3)12-7-9-13-10-8-12/h6,11-13H,2,5,7-10H2,1,3-4H3. The summed E-state index contributed by atoms with van der Waals surface area (Å²) in [4.78, 5) is 0. The number of hydrogen-bond donors (Lipinski definition) is 1. The number of hydrazine groups is 1. The second kappa shape index (κ2) is 6.13. The van der Waals surface area contributed by atoms with E-state index in [-0.39, 0.29) is 0 Å². The van der Waals surface area contributed by atoms with E-state index in [0.29, 0.717) is 6.04 Å². The van der Waals surface area contributed by atoms with Crippen LogP contribution in [0.2, 0.25) is 0 Å². The smallest absolute Gasteiger partial charge is 0.0451 e. The highest BCUT2D eigenvalue weighted by Gasteiger charge is 2.24. The fourth-order valence-corrected chi connectivity index (χ4v) is 2.32. The first kappa shape index (κ1) is 12.5. The van der Waals surface area contributed by atoms with Gasteiger partial charge in [0.25, 0.3) is 0 Å². The first-order valence-electron chi connectivity index (χ1n) is 6.03. The highest BCUT2D eigenvalue weighted by Crippen LogP contribution is 2.21. The summed E-state index contributed by atoms with van der Waals surface area (Å²) in [7, 11) is 2.12. The summed E-state index contributed by atoms with van der Waals surface area (Å²) in [5, 5.41) is 7.92. The molecule has 1 saturated heterocycles. The van der Waals surface area contributed by atoms with Gasteiger partial charge < -0.3 is 10.3 Å². The van der Waals surface area contributed by atoms with Gasteiger partial charge in [0.15, 0.2) is 0 Å². The van der Waals surface area contributed by atoms with Gasteiger partial charge in [-0.3, -0.25) is 0 Å². The number of rotatable bonds is 5. The molecule has 15 heavy (non-hydrogen) atoms. The Morgan fingerprint density at radius 2 is 2.07 bits per heavy atom. The van der Waals surface area contributed by atoms with Gasteiger partial charge >= 0.3 is 0 Å². The molecule has 0 bridgehead atoms. The zero-order valence-electron chi connectivity index (χ0n) is 10.4. The predicted octanol–water partition coefficient (Wildman–Crippen LogP) is 1.69. The van der Waals surface area contributed by atoms with Crippen LogP contribution in [0.3, 0.4) is 0 Å². The van der Waals surface area contributed by atoms with Crippen LogP contribution < -0.4 is 5.32 Å². The molecule has 1 aliphatic heterocycles. The molecule has 1 fully saturated rings. The Hall–Kier alpha value is -0.540. The van der Waals surface area contributed by atoms with Gasteiger partial charge in [0.2, 0.25) is 0 Å². The number of nitrogens with zero attached hydrogens (tertiary/aromatic N) is 2. The summed E-state index contributed by atoms with van der Waals surface area (Å²) in [5.74, 6) is 0.790. The molecule has 0 aromatic rings. The van der Waals surface area contributed by atoms with E-state index in [1.54, 1.807) is 0 Å². The molecule has 0 spiro atoms. The van der Waals surface area contributed by atoms with Crippen molar-refractivity contribution in [2.45, 2.75) is 32.7 Å². The van der Waals surface area contributed by atoms with Gasteiger partial charge in [0.05, 0.1) is 0 Å². The molecule has 0 aliphatic carbocycles. The van der Waals surface area contributed by atoms with Gasteiger partial charge in [0.1, 0.15) is 0 Å². The molecule has 3 nitrogen and oxygen atoms in total. The summed E-state index contributed by atoms with van der Waals surface area (Å²) in [6, 6.07) is 0.564. The average molecular weight is 211 g/mol. The molecule has 0 aromatic heterocycles. The maximum absolute atomic E-state index is 3.91. The Morgan fingerprint density at radius 1 is 1.47 bits per heavy atom. The number of piperidine rings is 1. The van der Waals surface area contributed by atoms with Crippen LogP contribution in [0.5, 0.6) is 0 Å². The lowest BCUT2D eigenvalue weighted by atomic mass is 9.91. The minimum Gasteiger partial charge on any atom is -0.317 e. The highest BCUT2D eigenvalue weighted by molar-refractivity contribution is 4.83. The van der Waals surface area contributed by atoms with Crippen molar-refractivity contribution >= 4 is 0 Å². The van der Waals surface area contributed by atoms with Gasteiger partial charge in [-0.2, -0.15) is 0 Å². The van der Waals surface area contributed by atoms with E-state index in [1.807, 2.05) is 6.20 Å². The molecule has 1 atom stereocenters. The third-order valence-electron chi connectivity index (χ3n) is 3.52. The SMILES string of the molecule is C=CN(C(C)C1CCNCC1)N(C)CC. The predicted molar refractivity (Wildman–Crippen MR) is 65.4 cm³/mol. The van der Waals surface area contributed by atoms with E-state index in [9.17, 15) is 0 Å². The van der Waals surface area contributed by atoms with Gasteiger partial charge in [-0.15, -0.1) is 0 Å². The van der Waals surface area contributed by atoms with E-state index in [4.69, 9.17) is 0 Å². The lowest BCUT2D eigenvalue weighted by Crippen LogP contribution is -2.47. The molecule has 1 N–H and O–H groups in total. The highest BCUT2D eigenvalue weighted by atomic mass is 15.6. The van der Waals surface area contributed by atoms with E-state index in [0.717, 1.165) is 25.6 Å². The van der Waals surface area contributed by atoms with Crippen molar-refractivity contribution in [3.05, 3.63) is 12.8 Å². The van der Waals surface area contributed by atoms with Crippen LogP contribution in [0.15, 0.2) is 12.8 Å².